The molecule has 3 atom stereocenters. The minimum absolute atomic E-state index is 0.157. The van der Waals surface area contributed by atoms with E-state index in [4.69, 9.17) is 67.3 Å². The molecule has 27 nitrogen and oxygen atoms in total. The maximum atomic E-state index is 12.5. The maximum Gasteiger partial charge on any atom is 0.246 e. The normalized spacial score (nSPS) is 13.4. The van der Waals surface area contributed by atoms with E-state index in [1.807, 2.05) is 27.7 Å². The number of nitroso groups, excluding NO2 is 2. The number of hydrogen-bond donors (Lipinski definition) is 6. The Bertz CT molecular complexity index is 1480. The highest BCUT2D eigenvalue weighted by Crippen LogP contribution is 2.18. The summed E-state index contributed by atoms with van der Waals surface area (Å²) in [5.41, 5.74) is 4.40. The van der Waals surface area contributed by atoms with Crippen molar-refractivity contribution in [1.82, 2.24) is 26.6 Å². The molecule has 0 aliphatic heterocycles. The molecule has 27 heteroatoms. The van der Waals surface area contributed by atoms with Gasteiger partial charge in [-0.05, 0) is 99.1 Å². The Morgan fingerprint density at radius 1 is 0.432 bits per heavy atom. The first-order valence-corrected chi connectivity index (χ1v) is 28.9. The van der Waals surface area contributed by atoms with Gasteiger partial charge in [0.25, 0.3) is 0 Å². The highest BCUT2D eigenvalue weighted by molar-refractivity contribution is 5.81. The number of nitrogens with two attached hydrogens (primary N) is 1. The fraction of sp³-hybridized carbons (Fsp3) is 0.926. The molecule has 0 rings (SSSR count). The van der Waals surface area contributed by atoms with Gasteiger partial charge in [-0.1, -0.05) is 10.4 Å². The van der Waals surface area contributed by atoms with E-state index >= 15 is 0 Å². The summed E-state index contributed by atoms with van der Waals surface area (Å²) < 4.78 is 70.8. The highest BCUT2D eigenvalue weighted by Gasteiger charge is 2.28. The summed E-state index contributed by atoms with van der Waals surface area (Å²) in [5, 5.41) is 21.4. The predicted molar refractivity (Wildman–Crippen MR) is 304 cm³/mol. The third-order valence-corrected chi connectivity index (χ3v) is 12.6. The van der Waals surface area contributed by atoms with Crippen molar-refractivity contribution in [2.45, 2.75) is 116 Å². The van der Waals surface area contributed by atoms with Crippen LogP contribution in [0.2, 0.25) is 0 Å². The number of unbranched alkanes of at least 4 members (excludes halogenated alkanes) is 1. The molecule has 0 aromatic rings. The Hall–Kier alpha value is -3.36. The molecule has 476 valence electrons. The molecule has 0 heterocycles. The molecule has 3 amide bonds. The van der Waals surface area contributed by atoms with Crippen LogP contribution in [0.3, 0.4) is 0 Å². The first-order chi connectivity index (χ1) is 39.2. The van der Waals surface area contributed by atoms with Crippen LogP contribution in [0.4, 0.5) is 0 Å². The number of nitrogens with zero attached hydrogens (tertiary/aromatic N) is 2. The van der Waals surface area contributed by atoms with Gasteiger partial charge in [-0.25, -0.2) is 0 Å². The van der Waals surface area contributed by atoms with Crippen molar-refractivity contribution in [3.05, 3.63) is 9.81 Å². The van der Waals surface area contributed by atoms with Gasteiger partial charge < -0.3 is 98.7 Å². The molecule has 81 heavy (non-hydrogen) atoms. The van der Waals surface area contributed by atoms with Crippen LogP contribution in [0, 0.1) is 15.7 Å². The molecule has 0 radical (unpaired) electrons. The number of carbonyl (C=O) groups is 4. The number of rotatable bonds is 64. The molecular formula is C54H106N8O19. The van der Waals surface area contributed by atoms with E-state index in [-0.39, 0.29) is 37.4 Å². The summed E-state index contributed by atoms with van der Waals surface area (Å²) in [7, 11) is 0. The van der Waals surface area contributed by atoms with E-state index < -0.39 is 41.7 Å². The smallest absolute Gasteiger partial charge is 0.246 e. The average Bonchev–Trinajstić information content (AvgIpc) is 3.44. The maximum absolute atomic E-state index is 12.5. The first-order valence-electron chi connectivity index (χ1n) is 28.9. The Morgan fingerprint density at radius 2 is 0.765 bits per heavy atom. The third-order valence-electron chi connectivity index (χ3n) is 12.6. The van der Waals surface area contributed by atoms with Crippen LogP contribution in [-0.2, 0) is 80.8 Å². The summed E-state index contributed by atoms with van der Waals surface area (Å²) in [6.45, 7) is 24.1. The summed E-state index contributed by atoms with van der Waals surface area (Å²) in [4.78, 5) is 71.0. The van der Waals surface area contributed by atoms with Crippen molar-refractivity contribution < 1.29 is 80.8 Å². The average molecular weight is 1170 g/mol. The molecule has 0 saturated heterocycles. The van der Waals surface area contributed by atoms with Crippen LogP contribution in [-0.4, -0.2) is 258 Å². The molecule has 0 aromatic heterocycles. The van der Waals surface area contributed by atoms with Crippen LogP contribution >= 0.6 is 0 Å². The lowest BCUT2D eigenvalue weighted by Crippen LogP contribution is -2.48. The monoisotopic (exact) mass is 1170 g/mol. The van der Waals surface area contributed by atoms with Crippen molar-refractivity contribution in [3.63, 3.8) is 0 Å². The van der Waals surface area contributed by atoms with Gasteiger partial charge in [0.1, 0.15) is 31.6 Å². The topological polar surface area (TPSA) is 333 Å². The first kappa shape index (κ1) is 77.6. The molecule has 0 aliphatic carbocycles. The molecule has 0 aliphatic rings. The zero-order chi connectivity index (χ0) is 59.8. The zero-order valence-electron chi connectivity index (χ0n) is 50.0. The van der Waals surface area contributed by atoms with Gasteiger partial charge in [-0.2, -0.15) is 9.81 Å². The zero-order valence-corrected chi connectivity index (χ0v) is 50.0. The SMILES string of the molecule is CC(N=O)C(C)(C)NCCC(CCNC(=O)COCC(=O)NC(C=O)CCCCNC(=O)CCOCCOCCOCCOCCOCCOCCOCCOCCOCCOCCOCCOCCN)CCNC(C)(C)C(C)N=O. The van der Waals surface area contributed by atoms with Gasteiger partial charge in [0.05, 0.1) is 165 Å². The van der Waals surface area contributed by atoms with E-state index in [1.165, 1.54) is 0 Å². The van der Waals surface area contributed by atoms with Crippen LogP contribution in [0.1, 0.15) is 86.5 Å². The minimum Gasteiger partial charge on any atom is -0.379 e. The van der Waals surface area contributed by atoms with Crippen molar-refractivity contribution in [2.24, 2.45) is 22.0 Å². The molecule has 7 N–H and O–H groups in total. The van der Waals surface area contributed by atoms with E-state index in [2.05, 4.69) is 36.9 Å². The van der Waals surface area contributed by atoms with Crippen LogP contribution in [0.25, 0.3) is 0 Å². The standard InChI is InChI=1S/C54H106N8O19/c1-46(61-67)53(3,4)58-17-11-48(12-18-59-54(5,6)47(2)62-68)10-16-57-51(65)44-81-45-52(66)60-49(43-63)9-7-8-15-56-50(64)13-19-69-21-23-71-25-27-73-29-31-75-33-35-77-37-39-79-41-42-80-40-38-78-36-34-76-32-30-74-28-26-72-24-22-70-20-14-55/h43,46-49,58-59H,7-42,44-45,55H2,1-6H3,(H,56,64)(H,57,65)(H,60,66). The molecule has 0 bridgehead atoms. The number of hydrogen-bond acceptors (Lipinski definition) is 24. The lowest BCUT2D eigenvalue weighted by atomic mass is 9.92. The molecular weight excluding hydrogens is 1060 g/mol. The molecule has 3 unspecified atom stereocenters. The number of nitrogens with one attached hydrogen (secondary N) is 5. The van der Waals surface area contributed by atoms with Crippen LogP contribution < -0.4 is 32.3 Å². The number of aldehydes is 1. The quantitative estimate of drug-likeness (QED) is 0.0285. The Kier molecular flexibility index (Phi) is 53.5. The molecule has 0 fully saturated rings. The summed E-state index contributed by atoms with van der Waals surface area (Å²) in [6, 6.07) is -1.55. The van der Waals surface area contributed by atoms with Crippen molar-refractivity contribution in [3.8, 4) is 0 Å². The predicted octanol–water partition coefficient (Wildman–Crippen LogP) is 1.47. The van der Waals surface area contributed by atoms with Gasteiger partial charge in [0.15, 0.2) is 0 Å². The van der Waals surface area contributed by atoms with Gasteiger partial charge in [-0.3, -0.25) is 14.4 Å². The van der Waals surface area contributed by atoms with Crippen molar-refractivity contribution >= 4 is 24.0 Å². The van der Waals surface area contributed by atoms with Crippen LogP contribution in [0.15, 0.2) is 10.4 Å². The van der Waals surface area contributed by atoms with Gasteiger partial charge in [0.2, 0.25) is 17.7 Å². The second kappa shape index (κ2) is 55.8. The lowest BCUT2D eigenvalue weighted by molar-refractivity contribution is -0.132. The van der Waals surface area contributed by atoms with E-state index in [0.717, 1.165) is 12.8 Å². The Morgan fingerprint density at radius 3 is 1.12 bits per heavy atom. The second-order valence-electron chi connectivity index (χ2n) is 20.0. The largest absolute Gasteiger partial charge is 0.379 e. The number of amides is 3. The summed E-state index contributed by atoms with van der Waals surface area (Å²) >= 11 is 0. The highest BCUT2D eigenvalue weighted by atomic mass is 16.6. The molecule has 0 spiro atoms. The number of ether oxygens (including phenoxy) is 13. The van der Waals surface area contributed by atoms with E-state index in [9.17, 15) is 29.0 Å². The third kappa shape index (κ3) is 50.8. The number of carbonyl (C=O) groups excluding carboxylic acids is 4. The van der Waals surface area contributed by atoms with Gasteiger partial charge in [-0.15, -0.1) is 0 Å². The van der Waals surface area contributed by atoms with Crippen molar-refractivity contribution in [2.75, 3.05) is 205 Å². The van der Waals surface area contributed by atoms with E-state index in [1.54, 1.807) is 13.8 Å². The summed E-state index contributed by atoms with van der Waals surface area (Å²) in [6.07, 6.45) is 4.64. The van der Waals surface area contributed by atoms with Crippen LogP contribution in [0.5, 0.6) is 0 Å². The fourth-order valence-corrected chi connectivity index (χ4v) is 6.89. The minimum atomic E-state index is -0.729. The summed E-state index contributed by atoms with van der Waals surface area (Å²) in [5.74, 6) is -0.854. The fourth-order valence-electron chi connectivity index (χ4n) is 6.89. The second-order valence-corrected chi connectivity index (χ2v) is 20.0. The van der Waals surface area contributed by atoms with E-state index in [0.29, 0.717) is 217 Å². The van der Waals surface area contributed by atoms with Gasteiger partial charge in [0, 0.05) is 37.1 Å². The van der Waals surface area contributed by atoms with Crippen molar-refractivity contribution in [1.29, 1.82) is 0 Å². The van der Waals surface area contributed by atoms with Gasteiger partial charge >= 0.3 is 0 Å². The molecule has 0 saturated carbocycles. The lowest BCUT2D eigenvalue weighted by Gasteiger charge is -2.31. The Labute approximate surface area is 482 Å². The molecule has 0 aromatic carbocycles. The Balaban J connectivity index is 3.72.